The fraction of sp³-hybridized carbons (Fsp3) is 0.412. The Morgan fingerprint density at radius 1 is 1.39 bits per heavy atom. The van der Waals surface area contributed by atoms with Crippen LogP contribution in [0.15, 0.2) is 47.5 Å². The van der Waals surface area contributed by atoms with Crippen molar-refractivity contribution in [3.05, 3.63) is 54.2 Å². The number of pyridine rings is 1. The molecule has 0 radical (unpaired) electrons. The van der Waals surface area contributed by atoms with Gasteiger partial charge in [0.15, 0.2) is 0 Å². The average molecular weight is 315 g/mol. The van der Waals surface area contributed by atoms with Gasteiger partial charge in [-0.25, -0.2) is 0 Å². The highest BCUT2D eigenvalue weighted by Crippen LogP contribution is 2.24. The van der Waals surface area contributed by atoms with E-state index < -0.39 is 0 Å². The van der Waals surface area contributed by atoms with Gasteiger partial charge < -0.3 is 14.1 Å². The Bertz CT molecular complexity index is 609. The number of likely N-dealkylation sites (N-methyl/N-ethyl adjacent to an activating group) is 1. The number of rotatable bonds is 5. The Hall–Kier alpha value is -2.18. The lowest BCUT2D eigenvalue weighted by molar-refractivity contribution is -0.138. The highest BCUT2D eigenvalue weighted by molar-refractivity contribution is 5.83. The molecule has 2 aromatic heterocycles. The van der Waals surface area contributed by atoms with Gasteiger partial charge in [0.1, 0.15) is 6.04 Å². The summed E-state index contributed by atoms with van der Waals surface area (Å²) in [6, 6.07) is 5.37. The van der Waals surface area contributed by atoms with Crippen molar-refractivity contribution in [3.8, 4) is 0 Å². The molecule has 1 amide bonds. The molecule has 0 spiro atoms. The van der Waals surface area contributed by atoms with Crippen LogP contribution in [0.3, 0.4) is 0 Å². The number of furan rings is 1. The molecule has 6 heteroatoms. The first-order valence-electron chi connectivity index (χ1n) is 7.73. The van der Waals surface area contributed by atoms with E-state index in [0.717, 1.165) is 24.2 Å². The van der Waals surface area contributed by atoms with E-state index in [2.05, 4.69) is 9.88 Å². The van der Waals surface area contributed by atoms with E-state index in [1.54, 1.807) is 29.8 Å². The number of aromatic nitrogens is 1. The first-order valence-corrected chi connectivity index (χ1v) is 7.73. The Balaban J connectivity index is 1.80. The lowest BCUT2D eigenvalue weighted by Gasteiger charge is -2.35. The van der Waals surface area contributed by atoms with Gasteiger partial charge in [-0.2, -0.15) is 0 Å². The van der Waals surface area contributed by atoms with Gasteiger partial charge in [0.2, 0.25) is 5.91 Å². The molecule has 1 aliphatic rings. The second-order valence-corrected chi connectivity index (χ2v) is 5.66. The zero-order chi connectivity index (χ0) is 16.1. The highest BCUT2D eigenvalue weighted by atomic mass is 16.5. The van der Waals surface area contributed by atoms with Crippen LogP contribution >= 0.6 is 0 Å². The van der Waals surface area contributed by atoms with Crippen molar-refractivity contribution >= 4 is 5.91 Å². The molecule has 0 bridgehead atoms. The number of amides is 1. The summed E-state index contributed by atoms with van der Waals surface area (Å²) in [5.74, 6) is 0.0566. The van der Waals surface area contributed by atoms with Gasteiger partial charge in [-0.1, -0.05) is 6.07 Å². The van der Waals surface area contributed by atoms with Gasteiger partial charge in [-0.15, -0.1) is 0 Å². The van der Waals surface area contributed by atoms with Crippen LogP contribution in [0.25, 0.3) is 0 Å². The van der Waals surface area contributed by atoms with Gasteiger partial charge in [-0.05, 0) is 17.7 Å². The first kappa shape index (κ1) is 15.7. The van der Waals surface area contributed by atoms with Crippen molar-refractivity contribution in [3.63, 3.8) is 0 Å². The van der Waals surface area contributed by atoms with E-state index in [0.29, 0.717) is 19.8 Å². The number of morpholine rings is 1. The largest absolute Gasteiger partial charge is 0.472 e. The Labute approximate surface area is 135 Å². The molecule has 23 heavy (non-hydrogen) atoms. The van der Waals surface area contributed by atoms with Crippen LogP contribution in [0.5, 0.6) is 0 Å². The van der Waals surface area contributed by atoms with Crippen molar-refractivity contribution in [1.82, 2.24) is 14.8 Å². The number of hydrogen-bond donors (Lipinski definition) is 0. The van der Waals surface area contributed by atoms with Gasteiger partial charge in [0.25, 0.3) is 0 Å². The number of ether oxygens (including phenoxy) is 1. The lowest BCUT2D eigenvalue weighted by Crippen LogP contribution is -2.46. The van der Waals surface area contributed by atoms with Crippen LogP contribution in [-0.2, 0) is 16.1 Å². The maximum atomic E-state index is 13.1. The summed E-state index contributed by atoms with van der Waals surface area (Å²) in [7, 11) is 1.82. The average Bonchev–Trinajstić information content (AvgIpc) is 3.10. The molecule has 0 aliphatic carbocycles. The molecule has 0 aromatic carbocycles. The minimum Gasteiger partial charge on any atom is -0.472 e. The zero-order valence-electron chi connectivity index (χ0n) is 13.2. The minimum absolute atomic E-state index is 0.0566. The van der Waals surface area contributed by atoms with Gasteiger partial charge in [-0.3, -0.25) is 14.7 Å². The van der Waals surface area contributed by atoms with Crippen molar-refractivity contribution in [2.24, 2.45) is 0 Å². The fourth-order valence-electron chi connectivity index (χ4n) is 2.83. The molecular formula is C17H21N3O3. The molecule has 1 fully saturated rings. The van der Waals surface area contributed by atoms with Crippen LogP contribution < -0.4 is 0 Å². The smallest absolute Gasteiger partial charge is 0.244 e. The van der Waals surface area contributed by atoms with Crippen molar-refractivity contribution in [2.75, 3.05) is 33.4 Å². The van der Waals surface area contributed by atoms with Crippen LogP contribution in [0, 0.1) is 0 Å². The molecule has 1 atom stereocenters. The summed E-state index contributed by atoms with van der Waals surface area (Å²) >= 11 is 0. The third-order valence-corrected chi connectivity index (χ3v) is 4.02. The van der Waals surface area contributed by atoms with E-state index in [9.17, 15) is 4.79 Å². The molecule has 0 saturated carbocycles. The molecule has 0 unspecified atom stereocenters. The predicted molar refractivity (Wildman–Crippen MR) is 84.6 cm³/mol. The van der Waals surface area contributed by atoms with Crippen molar-refractivity contribution in [2.45, 2.75) is 12.6 Å². The topological polar surface area (TPSA) is 58.8 Å². The first-order chi connectivity index (χ1) is 11.3. The summed E-state index contributed by atoms with van der Waals surface area (Å²) < 4.78 is 10.5. The monoisotopic (exact) mass is 315 g/mol. The summed E-state index contributed by atoms with van der Waals surface area (Å²) in [6.07, 6.45) is 6.77. The predicted octanol–water partition coefficient (Wildman–Crippen LogP) is 1.71. The Morgan fingerprint density at radius 3 is 2.87 bits per heavy atom. The number of hydrogen-bond acceptors (Lipinski definition) is 5. The van der Waals surface area contributed by atoms with Gasteiger partial charge in [0, 0.05) is 44.6 Å². The molecule has 2 aromatic rings. The van der Waals surface area contributed by atoms with E-state index in [4.69, 9.17) is 9.15 Å². The Morgan fingerprint density at radius 2 is 2.22 bits per heavy atom. The van der Waals surface area contributed by atoms with Gasteiger partial charge in [0.05, 0.1) is 25.7 Å². The summed E-state index contributed by atoms with van der Waals surface area (Å²) in [5, 5.41) is 0. The lowest BCUT2D eigenvalue weighted by atomic mass is 10.1. The van der Waals surface area contributed by atoms with E-state index in [1.165, 1.54) is 0 Å². The van der Waals surface area contributed by atoms with Crippen LogP contribution in [0.1, 0.15) is 17.2 Å². The number of nitrogens with zero attached hydrogens (tertiary/aromatic N) is 3. The third kappa shape index (κ3) is 3.78. The minimum atomic E-state index is -0.329. The summed E-state index contributed by atoms with van der Waals surface area (Å²) in [4.78, 5) is 21.1. The number of carbonyl (C=O) groups excluding carboxylic acids is 1. The molecule has 3 rings (SSSR count). The van der Waals surface area contributed by atoms with E-state index in [1.807, 2.05) is 25.2 Å². The SMILES string of the molecule is CN(Cc1ccoc1)C(=O)[C@@H](c1cccnc1)N1CCOCC1. The molecule has 6 nitrogen and oxygen atoms in total. The fourth-order valence-corrected chi connectivity index (χ4v) is 2.83. The van der Waals surface area contributed by atoms with E-state index >= 15 is 0 Å². The van der Waals surface area contributed by atoms with Crippen molar-refractivity contribution < 1.29 is 13.9 Å². The summed E-state index contributed by atoms with van der Waals surface area (Å²) in [5.41, 5.74) is 1.89. The molecule has 0 N–H and O–H groups in total. The van der Waals surface area contributed by atoms with Crippen molar-refractivity contribution in [1.29, 1.82) is 0 Å². The summed E-state index contributed by atoms with van der Waals surface area (Å²) in [6.45, 7) is 3.30. The van der Waals surface area contributed by atoms with Crippen LogP contribution in [0.4, 0.5) is 0 Å². The molecule has 3 heterocycles. The Kier molecular flexibility index (Phi) is 5.05. The van der Waals surface area contributed by atoms with E-state index in [-0.39, 0.29) is 11.9 Å². The quantitative estimate of drug-likeness (QED) is 0.840. The van der Waals surface area contributed by atoms with Gasteiger partial charge >= 0.3 is 0 Å². The molecule has 122 valence electrons. The third-order valence-electron chi connectivity index (χ3n) is 4.02. The molecule has 1 aliphatic heterocycles. The van der Waals surface area contributed by atoms with Crippen LogP contribution in [-0.4, -0.2) is 54.0 Å². The number of carbonyl (C=O) groups is 1. The second-order valence-electron chi connectivity index (χ2n) is 5.66. The standard InChI is InChI=1S/C17H21N3O3/c1-19(12-14-4-8-23-13-14)17(21)16(15-3-2-5-18-11-15)20-6-9-22-10-7-20/h2-5,8,11,13,16H,6-7,9-10,12H2,1H3/t16-/m1/s1. The zero-order valence-corrected chi connectivity index (χ0v) is 13.2. The molecule has 1 saturated heterocycles. The highest BCUT2D eigenvalue weighted by Gasteiger charge is 2.31. The maximum absolute atomic E-state index is 13.1. The maximum Gasteiger partial charge on any atom is 0.244 e. The van der Waals surface area contributed by atoms with Crippen LogP contribution in [0.2, 0.25) is 0 Å². The second kappa shape index (κ2) is 7.39. The normalized spacial score (nSPS) is 16.9. The molecular weight excluding hydrogens is 294 g/mol.